The molecule has 0 saturated heterocycles. The summed E-state index contributed by atoms with van der Waals surface area (Å²) in [5.41, 5.74) is 0.532. The van der Waals surface area contributed by atoms with Crippen molar-refractivity contribution < 1.29 is 13.5 Å². The first kappa shape index (κ1) is 16.3. The molecule has 0 N–H and O–H groups in total. The van der Waals surface area contributed by atoms with Gasteiger partial charge in [-0.05, 0) is 56.1 Å². The van der Waals surface area contributed by atoms with Crippen molar-refractivity contribution >= 4 is 0 Å². The lowest BCUT2D eigenvalue weighted by atomic mass is 9.77. The normalized spacial score (nSPS) is 22.3. The van der Waals surface area contributed by atoms with Gasteiger partial charge in [-0.3, -0.25) is 0 Å². The zero-order chi connectivity index (χ0) is 15.2. The molecule has 0 aromatic heterocycles. The van der Waals surface area contributed by atoms with Crippen LogP contribution in [0.2, 0.25) is 0 Å². The molecule has 0 atom stereocenters. The zero-order valence-corrected chi connectivity index (χ0v) is 13.1. The number of benzene rings is 1. The second-order valence-electron chi connectivity index (χ2n) is 6.07. The van der Waals surface area contributed by atoms with Gasteiger partial charge in [-0.15, -0.1) is 0 Å². The summed E-state index contributed by atoms with van der Waals surface area (Å²) in [5, 5.41) is 0. The largest absolute Gasteiger partial charge is 0.491 e. The fraction of sp³-hybridized carbons (Fsp3) is 0.667. The number of halogens is 2. The molecule has 0 unspecified atom stereocenters. The molecular weight excluding hydrogens is 270 g/mol. The fourth-order valence-corrected chi connectivity index (χ4v) is 3.38. The molecule has 0 spiro atoms. The molecule has 1 aromatic carbocycles. The monoisotopic (exact) mass is 296 g/mol. The maximum atomic E-state index is 14.2. The zero-order valence-electron chi connectivity index (χ0n) is 13.1. The molecule has 1 aliphatic rings. The highest BCUT2D eigenvalue weighted by Gasteiger charge is 2.26. The number of hydrogen-bond acceptors (Lipinski definition) is 1. The molecule has 118 valence electrons. The van der Waals surface area contributed by atoms with E-state index in [1.54, 1.807) is 19.1 Å². The molecule has 2 rings (SSSR count). The van der Waals surface area contributed by atoms with E-state index in [2.05, 4.69) is 6.92 Å². The van der Waals surface area contributed by atoms with Gasteiger partial charge in [0, 0.05) is 0 Å². The van der Waals surface area contributed by atoms with Gasteiger partial charge in [0.05, 0.1) is 6.61 Å². The first-order valence-corrected chi connectivity index (χ1v) is 8.28. The topological polar surface area (TPSA) is 9.23 Å². The van der Waals surface area contributed by atoms with Gasteiger partial charge >= 0.3 is 0 Å². The Balaban J connectivity index is 2.02. The summed E-state index contributed by atoms with van der Waals surface area (Å²) in [7, 11) is 0. The lowest BCUT2D eigenvalue weighted by Gasteiger charge is -2.29. The predicted octanol–water partition coefficient (Wildman–Crippen LogP) is 5.83. The minimum atomic E-state index is -0.831. The van der Waals surface area contributed by atoms with E-state index in [0.717, 1.165) is 31.6 Å². The van der Waals surface area contributed by atoms with E-state index in [1.165, 1.54) is 19.3 Å². The second-order valence-corrected chi connectivity index (χ2v) is 6.07. The summed E-state index contributed by atoms with van der Waals surface area (Å²) < 4.78 is 33.3. The summed E-state index contributed by atoms with van der Waals surface area (Å²) in [4.78, 5) is 0. The molecule has 1 aromatic rings. The molecule has 0 heterocycles. The Labute approximate surface area is 126 Å². The van der Waals surface area contributed by atoms with Gasteiger partial charge in [-0.25, -0.2) is 4.39 Å². The van der Waals surface area contributed by atoms with Crippen molar-refractivity contribution in [1.82, 2.24) is 0 Å². The number of unbranched alkanes of at least 4 members (excludes halogenated alkanes) is 1. The van der Waals surface area contributed by atoms with E-state index in [0.29, 0.717) is 12.2 Å². The van der Waals surface area contributed by atoms with E-state index in [1.807, 2.05) is 0 Å². The average Bonchev–Trinajstić information content (AvgIpc) is 2.51. The minimum absolute atomic E-state index is 0.0235. The molecule has 1 saturated carbocycles. The highest BCUT2D eigenvalue weighted by atomic mass is 19.2. The molecule has 1 aliphatic carbocycles. The van der Waals surface area contributed by atoms with Crippen molar-refractivity contribution in [1.29, 1.82) is 0 Å². The lowest BCUT2D eigenvalue weighted by molar-refractivity contribution is 0.293. The SMILES string of the molecule is CCCCC1CCC(c2ccc(OCC)c(F)c2F)CC1. The van der Waals surface area contributed by atoms with Crippen LogP contribution in [0.15, 0.2) is 12.1 Å². The van der Waals surface area contributed by atoms with E-state index >= 15 is 0 Å². The van der Waals surface area contributed by atoms with Gasteiger partial charge < -0.3 is 4.74 Å². The Bertz CT molecular complexity index is 451. The summed E-state index contributed by atoms with van der Waals surface area (Å²) >= 11 is 0. The van der Waals surface area contributed by atoms with Gasteiger partial charge in [0.1, 0.15) is 0 Å². The summed E-state index contributed by atoms with van der Waals surface area (Å²) in [6.07, 6.45) is 8.01. The Morgan fingerprint density at radius 3 is 2.38 bits per heavy atom. The van der Waals surface area contributed by atoms with Gasteiger partial charge in [0.15, 0.2) is 11.6 Å². The standard InChI is InChI=1S/C18H26F2O/c1-3-5-6-13-7-9-14(10-8-13)15-11-12-16(21-4-2)18(20)17(15)19/h11-14H,3-10H2,1-2H3. The van der Waals surface area contributed by atoms with Crippen LogP contribution in [-0.4, -0.2) is 6.61 Å². The molecule has 0 amide bonds. The third-order valence-electron chi connectivity index (χ3n) is 4.63. The van der Waals surface area contributed by atoms with E-state index in [4.69, 9.17) is 4.74 Å². The first-order valence-electron chi connectivity index (χ1n) is 8.28. The van der Waals surface area contributed by atoms with E-state index in [-0.39, 0.29) is 11.7 Å². The summed E-state index contributed by atoms with van der Waals surface area (Å²) in [6.45, 7) is 4.32. The Kier molecular flexibility index (Phi) is 6.01. The number of ether oxygens (including phenoxy) is 1. The molecule has 0 aliphatic heterocycles. The minimum Gasteiger partial charge on any atom is -0.491 e. The Hall–Kier alpha value is -1.12. The molecule has 1 nitrogen and oxygen atoms in total. The maximum absolute atomic E-state index is 14.2. The Morgan fingerprint density at radius 1 is 1.05 bits per heavy atom. The van der Waals surface area contributed by atoms with Crippen LogP contribution in [0, 0.1) is 17.6 Å². The lowest BCUT2D eigenvalue weighted by Crippen LogP contribution is -2.15. The van der Waals surface area contributed by atoms with Crippen LogP contribution < -0.4 is 4.74 Å². The van der Waals surface area contributed by atoms with Crippen LogP contribution in [0.25, 0.3) is 0 Å². The van der Waals surface area contributed by atoms with Crippen LogP contribution >= 0.6 is 0 Å². The third kappa shape index (κ3) is 3.96. The highest BCUT2D eigenvalue weighted by molar-refractivity contribution is 5.33. The molecular formula is C18H26F2O. The van der Waals surface area contributed by atoms with Crippen molar-refractivity contribution in [3.63, 3.8) is 0 Å². The molecule has 21 heavy (non-hydrogen) atoms. The van der Waals surface area contributed by atoms with Crippen molar-refractivity contribution in [3.8, 4) is 5.75 Å². The van der Waals surface area contributed by atoms with Crippen molar-refractivity contribution in [3.05, 3.63) is 29.3 Å². The van der Waals surface area contributed by atoms with E-state index < -0.39 is 11.6 Å². The van der Waals surface area contributed by atoms with Crippen molar-refractivity contribution in [2.75, 3.05) is 6.61 Å². The molecule has 0 radical (unpaired) electrons. The van der Waals surface area contributed by atoms with Crippen LogP contribution in [0.1, 0.15) is 70.3 Å². The number of hydrogen-bond donors (Lipinski definition) is 0. The Morgan fingerprint density at radius 2 is 1.76 bits per heavy atom. The maximum Gasteiger partial charge on any atom is 0.200 e. The average molecular weight is 296 g/mol. The van der Waals surface area contributed by atoms with Crippen molar-refractivity contribution in [2.45, 2.75) is 64.7 Å². The smallest absolute Gasteiger partial charge is 0.200 e. The van der Waals surface area contributed by atoms with Crippen LogP contribution in [0.3, 0.4) is 0 Å². The van der Waals surface area contributed by atoms with Gasteiger partial charge in [0.2, 0.25) is 5.82 Å². The summed E-state index contributed by atoms with van der Waals surface area (Å²) in [6, 6.07) is 3.28. The van der Waals surface area contributed by atoms with Crippen molar-refractivity contribution in [2.24, 2.45) is 5.92 Å². The number of rotatable bonds is 6. The van der Waals surface area contributed by atoms with E-state index in [9.17, 15) is 8.78 Å². The van der Waals surface area contributed by atoms with Gasteiger partial charge in [-0.2, -0.15) is 4.39 Å². The second kappa shape index (κ2) is 7.77. The summed E-state index contributed by atoms with van der Waals surface area (Å²) in [5.74, 6) is -0.583. The molecule has 0 bridgehead atoms. The quantitative estimate of drug-likeness (QED) is 0.642. The fourth-order valence-electron chi connectivity index (χ4n) is 3.38. The highest BCUT2D eigenvalue weighted by Crippen LogP contribution is 2.39. The van der Waals surface area contributed by atoms with Gasteiger partial charge in [0.25, 0.3) is 0 Å². The van der Waals surface area contributed by atoms with Crippen LogP contribution in [-0.2, 0) is 0 Å². The van der Waals surface area contributed by atoms with Crippen LogP contribution in [0.4, 0.5) is 8.78 Å². The molecule has 3 heteroatoms. The third-order valence-corrected chi connectivity index (χ3v) is 4.63. The van der Waals surface area contributed by atoms with Gasteiger partial charge in [-0.1, -0.05) is 32.3 Å². The predicted molar refractivity (Wildman–Crippen MR) is 81.8 cm³/mol. The first-order chi connectivity index (χ1) is 10.2. The van der Waals surface area contributed by atoms with Crippen LogP contribution in [0.5, 0.6) is 5.75 Å². The molecule has 1 fully saturated rings.